The summed E-state index contributed by atoms with van der Waals surface area (Å²) in [5.74, 6) is 0.405. The second-order valence-corrected chi connectivity index (χ2v) is 7.41. The Hall–Kier alpha value is -0.460. The van der Waals surface area contributed by atoms with E-state index in [2.05, 4.69) is 9.88 Å². The summed E-state index contributed by atoms with van der Waals surface area (Å²) in [7, 11) is 0. The van der Waals surface area contributed by atoms with Gasteiger partial charge in [-0.05, 0) is 46.5 Å². The number of oxime groups is 1. The number of rotatable bonds is 4. The van der Waals surface area contributed by atoms with Gasteiger partial charge in [0.25, 0.3) is 0 Å². The highest BCUT2D eigenvalue weighted by molar-refractivity contribution is 7.90. The van der Waals surface area contributed by atoms with Gasteiger partial charge in [0.1, 0.15) is 10.3 Å². The third kappa shape index (κ3) is 2.81. The molecule has 1 rings (SSSR count). The minimum absolute atomic E-state index is 0.104. The Morgan fingerprint density at radius 3 is 2.25 bits per heavy atom. The number of nitrogens with zero attached hydrogens (tertiary/aromatic N) is 1. The molecule has 0 spiro atoms. The van der Waals surface area contributed by atoms with Crippen LogP contribution in [0, 0.1) is 5.92 Å². The van der Waals surface area contributed by atoms with E-state index in [9.17, 15) is 4.55 Å². The van der Waals surface area contributed by atoms with Crippen molar-refractivity contribution in [2.75, 3.05) is 0 Å². The van der Waals surface area contributed by atoms with Crippen LogP contribution in [0.15, 0.2) is 5.16 Å². The van der Waals surface area contributed by atoms with Gasteiger partial charge in [-0.2, -0.15) is 0 Å². The summed E-state index contributed by atoms with van der Waals surface area (Å²) in [5, 5.41) is 11.8. The molecule has 1 saturated carbocycles. The minimum atomic E-state index is -1.23. The Labute approximate surface area is 99.8 Å². The van der Waals surface area contributed by atoms with Gasteiger partial charge in [-0.3, -0.25) is 0 Å². The molecule has 0 amide bonds. The van der Waals surface area contributed by atoms with Crippen LogP contribution in [0.4, 0.5) is 0 Å². The van der Waals surface area contributed by atoms with E-state index in [4.69, 9.17) is 10.9 Å². The zero-order valence-electron chi connectivity index (χ0n) is 10.3. The van der Waals surface area contributed by atoms with Crippen LogP contribution in [0.1, 0.15) is 40.5 Å². The Morgan fingerprint density at radius 2 is 1.94 bits per heavy atom. The normalized spacial score (nSPS) is 23.9. The first-order valence-corrected chi connectivity index (χ1v) is 6.54. The average molecular weight is 247 g/mol. The maximum atomic E-state index is 12.0. The van der Waals surface area contributed by atoms with Crippen LogP contribution < -0.4 is 10.5 Å². The van der Waals surface area contributed by atoms with E-state index in [1.165, 1.54) is 0 Å². The lowest BCUT2D eigenvalue weighted by atomic mass is 9.96. The van der Waals surface area contributed by atoms with Gasteiger partial charge in [0, 0.05) is 11.4 Å². The van der Waals surface area contributed by atoms with Gasteiger partial charge in [-0.15, -0.1) is 4.72 Å². The Bertz CT molecular complexity index is 286. The van der Waals surface area contributed by atoms with Crippen LogP contribution in [0.25, 0.3) is 0 Å². The topological polar surface area (TPSA) is 93.7 Å². The first kappa shape index (κ1) is 13.6. The maximum absolute atomic E-state index is 12.0. The summed E-state index contributed by atoms with van der Waals surface area (Å²) in [6, 6.07) is 0. The molecule has 0 radical (unpaired) electrons. The molecule has 0 aliphatic heterocycles. The number of nitrogens with one attached hydrogen (secondary N) is 1. The van der Waals surface area contributed by atoms with E-state index >= 15 is 0 Å². The number of hydrogen-bond acceptors (Lipinski definition) is 4. The molecule has 0 aromatic rings. The van der Waals surface area contributed by atoms with Crippen molar-refractivity contribution in [1.82, 2.24) is 4.72 Å². The van der Waals surface area contributed by atoms with Crippen molar-refractivity contribution in [2.24, 2.45) is 16.8 Å². The molecule has 5 nitrogen and oxygen atoms in total. The Kier molecular flexibility index (Phi) is 3.76. The molecule has 16 heavy (non-hydrogen) atoms. The van der Waals surface area contributed by atoms with Crippen LogP contribution in [0.5, 0.6) is 0 Å². The summed E-state index contributed by atoms with van der Waals surface area (Å²) in [6.07, 6.45) is 2.03. The average Bonchev–Trinajstić information content (AvgIpc) is 2.97. The summed E-state index contributed by atoms with van der Waals surface area (Å²) >= 11 is -1.23. The molecule has 94 valence electrons. The van der Waals surface area contributed by atoms with Gasteiger partial charge in [-0.25, -0.2) is 0 Å². The predicted octanol–water partition coefficient (Wildman–Crippen LogP) is 0.953. The summed E-state index contributed by atoms with van der Waals surface area (Å²) in [5.41, 5.74) is 5.01. The van der Waals surface area contributed by atoms with Crippen LogP contribution >= 0.6 is 0 Å². The lowest BCUT2D eigenvalue weighted by molar-refractivity contribution is 0.308. The largest absolute Gasteiger partial charge is 0.598 e. The van der Waals surface area contributed by atoms with E-state index in [0.717, 1.165) is 12.8 Å². The molecule has 6 heteroatoms. The fourth-order valence-electron chi connectivity index (χ4n) is 1.45. The molecule has 1 aliphatic carbocycles. The molecule has 0 saturated heterocycles. The molecule has 0 aromatic carbocycles. The number of hydrogen-bond donors (Lipinski definition) is 3. The third-order valence-electron chi connectivity index (χ3n) is 2.89. The monoisotopic (exact) mass is 247 g/mol. The molecule has 0 aromatic heterocycles. The van der Waals surface area contributed by atoms with Crippen LogP contribution in [0.3, 0.4) is 0 Å². The zero-order valence-corrected chi connectivity index (χ0v) is 11.1. The molecular weight excluding hydrogens is 226 g/mol. The predicted molar refractivity (Wildman–Crippen MR) is 65.6 cm³/mol. The van der Waals surface area contributed by atoms with Crippen molar-refractivity contribution in [2.45, 2.75) is 50.8 Å². The van der Waals surface area contributed by atoms with E-state index in [1.807, 2.05) is 27.7 Å². The van der Waals surface area contributed by atoms with Gasteiger partial charge in [-0.1, -0.05) is 5.16 Å². The molecule has 2 unspecified atom stereocenters. The van der Waals surface area contributed by atoms with E-state index in [1.54, 1.807) is 0 Å². The van der Waals surface area contributed by atoms with E-state index < -0.39 is 16.9 Å². The second-order valence-electron chi connectivity index (χ2n) is 5.45. The maximum Gasteiger partial charge on any atom is 0.163 e. The van der Waals surface area contributed by atoms with Crippen molar-refractivity contribution in [3.8, 4) is 0 Å². The van der Waals surface area contributed by atoms with Crippen molar-refractivity contribution in [3.05, 3.63) is 0 Å². The highest BCUT2D eigenvalue weighted by Gasteiger charge is 2.49. The molecule has 4 N–H and O–H groups in total. The Morgan fingerprint density at radius 1 is 1.44 bits per heavy atom. The van der Waals surface area contributed by atoms with Crippen molar-refractivity contribution >= 4 is 17.2 Å². The third-order valence-corrected chi connectivity index (χ3v) is 4.62. The van der Waals surface area contributed by atoms with Crippen molar-refractivity contribution in [1.29, 1.82) is 0 Å². The van der Waals surface area contributed by atoms with Gasteiger partial charge in [0.2, 0.25) is 0 Å². The molecule has 1 fully saturated rings. The minimum Gasteiger partial charge on any atom is -0.598 e. The Balaban J connectivity index is 2.80. The molecule has 1 aliphatic rings. The van der Waals surface area contributed by atoms with Crippen LogP contribution in [0.2, 0.25) is 0 Å². The number of amidine groups is 1. The lowest BCUT2D eigenvalue weighted by Gasteiger charge is -2.34. The van der Waals surface area contributed by atoms with Crippen LogP contribution in [-0.4, -0.2) is 25.9 Å². The fraction of sp³-hybridized carbons (Fsp3) is 0.900. The summed E-state index contributed by atoms with van der Waals surface area (Å²) in [4.78, 5) is 0. The van der Waals surface area contributed by atoms with Gasteiger partial charge in [0.05, 0.1) is 0 Å². The first-order valence-electron chi connectivity index (χ1n) is 5.39. The standard InChI is InChI=1S/C10H21N3O2S/c1-9(2,3)16(15)13-10(4,7-5-6-7)8(11)12-14/h7,13-14H,5-6H2,1-4H3,(H2,11,12). The fourth-order valence-corrected chi connectivity index (χ4v) is 2.42. The van der Waals surface area contributed by atoms with E-state index in [-0.39, 0.29) is 10.6 Å². The van der Waals surface area contributed by atoms with Crippen molar-refractivity contribution < 1.29 is 9.76 Å². The lowest BCUT2D eigenvalue weighted by Crippen LogP contribution is -2.59. The quantitative estimate of drug-likeness (QED) is 0.227. The highest BCUT2D eigenvalue weighted by atomic mass is 32.2. The SMILES string of the molecule is CC(N[S+]([O-])C(C)(C)C)(/C(N)=N/O)C1CC1. The smallest absolute Gasteiger partial charge is 0.163 e. The van der Waals surface area contributed by atoms with Gasteiger partial charge < -0.3 is 15.5 Å². The highest BCUT2D eigenvalue weighted by Crippen LogP contribution is 2.40. The van der Waals surface area contributed by atoms with Crippen molar-refractivity contribution in [3.63, 3.8) is 0 Å². The zero-order chi connectivity index (χ0) is 12.6. The molecule has 2 atom stereocenters. The van der Waals surface area contributed by atoms with Gasteiger partial charge >= 0.3 is 0 Å². The molecule has 0 bridgehead atoms. The summed E-state index contributed by atoms with van der Waals surface area (Å²) < 4.78 is 14.7. The second kappa shape index (κ2) is 4.43. The van der Waals surface area contributed by atoms with E-state index in [0.29, 0.717) is 5.92 Å². The molecular formula is C10H21N3O2S. The van der Waals surface area contributed by atoms with Crippen LogP contribution in [-0.2, 0) is 11.4 Å². The first-order chi connectivity index (χ1) is 7.21. The van der Waals surface area contributed by atoms with Gasteiger partial charge in [0.15, 0.2) is 5.84 Å². The summed E-state index contributed by atoms with van der Waals surface area (Å²) in [6.45, 7) is 7.49. The number of nitrogens with two attached hydrogens (primary N) is 1. The molecule has 0 heterocycles.